The lowest BCUT2D eigenvalue weighted by Crippen LogP contribution is -1.99. The fraction of sp³-hybridized carbons (Fsp3) is 0.0625. The van der Waals surface area contributed by atoms with Crippen molar-refractivity contribution >= 4 is 39.5 Å². The van der Waals surface area contributed by atoms with Gasteiger partial charge in [0.15, 0.2) is 0 Å². The van der Waals surface area contributed by atoms with Crippen LogP contribution in [0.3, 0.4) is 0 Å². The molecule has 0 saturated carbocycles. The van der Waals surface area contributed by atoms with Crippen LogP contribution in [-0.2, 0) is 0 Å². The summed E-state index contributed by atoms with van der Waals surface area (Å²) in [6.45, 7) is 0. The third-order valence-corrected chi connectivity index (χ3v) is 4.47. The van der Waals surface area contributed by atoms with E-state index in [9.17, 15) is 4.79 Å². The van der Waals surface area contributed by atoms with Crippen LogP contribution < -0.4 is 4.74 Å². The molecule has 0 fully saturated rings. The lowest BCUT2D eigenvalue weighted by atomic mass is 10.0. The monoisotopic (exact) mass is 302 g/mol. The number of methoxy groups -OCH3 is 1. The average Bonchev–Trinajstić information content (AvgIpc) is 2.91. The second-order valence-electron chi connectivity index (χ2n) is 4.35. The maximum atomic E-state index is 12.4. The second-order valence-corrected chi connectivity index (χ2v) is 5.68. The highest BCUT2D eigenvalue weighted by Crippen LogP contribution is 2.27. The van der Waals surface area contributed by atoms with E-state index in [1.165, 1.54) is 11.3 Å². The SMILES string of the molecule is COc1ccc2cc(C(=O)c3sccc3Cl)ccc2c1. The highest BCUT2D eigenvalue weighted by atomic mass is 35.5. The minimum absolute atomic E-state index is 0.0391. The summed E-state index contributed by atoms with van der Waals surface area (Å²) < 4.78 is 5.19. The van der Waals surface area contributed by atoms with Crippen LogP contribution in [0.25, 0.3) is 10.8 Å². The van der Waals surface area contributed by atoms with Gasteiger partial charge in [0.05, 0.1) is 17.0 Å². The van der Waals surface area contributed by atoms with Gasteiger partial charge in [-0.05, 0) is 40.4 Å². The molecule has 100 valence electrons. The first-order valence-corrected chi connectivity index (χ1v) is 7.30. The van der Waals surface area contributed by atoms with Crippen LogP contribution in [0.15, 0.2) is 47.8 Å². The molecule has 0 aliphatic carbocycles. The molecule has 3 aromatic rings. The molecule has 1 aromatic heterocycles. The van der Waals surface area contributed by atoms with E-state index in [0.29, 0.717) is 15.5 Å². The summed E-state index contributed by atoms with van der Waals surface area (Å²) in [6.07, 6.45) is 0. The van der Waals surface area contributed by atoms with Gasteiger partial charge in [0.25, 0.3) is 0 Å². The molecular formula is C16H11ClO2S. The fourth-order valence-corrected chi connectivity index (χ4v) is 3.18. The molecule has 4 heteroatoms. The van der Waals surface area contributed by atoms with Gasteiger partial charge < -0.3 is 4.74 Å². The zero-order valence-corrected chi connectivity index (χ0v) is 12.3. The van der Waals surface area contributed by atoms with Gasteiger partial charge in [0.1, 0.15) is 5.75 Å². The molecule has 0 aliphatic rings. The molecule has 0 atom stereocenters. The minimum Gasteiger partial charge on any atom is -0.497 e. The topological polar surface area (TPSA) is 26.3 Å². The van der Waals surface area contributed by atoms with Crippen molar-refractivity contribution in [2.24, 2.45) is 0 Å². The standard InChI is InChI=1S/C16H11ClO2S/c1-19-13-5-4-10-8-12(3-2-11(10)9-13)15(18)16-14(17)6-7-20-16/h2-9H,1H3. The van der Waals surface area contributed by atoms with Gasteiger partial charge in [-0.3, -0.25) is 4.79 Å². The minimum atomic E-state index is -0.0391. The molecule has 20 heavy (non-hydrogen) atoms. The van der Waals surface area contributed by atoms with Crippen LogP contribution >= 0.6 is 22.9 Å². The van der Waals surface area contributed by atoms with Crippen molar-refractivity contribution in [3.63, 3.8) is 0 Å². The number of carbonyl (C=O) groups excluding carboxylic acids is 1. The van der Waals surface area contributed by atoms with Crippen molar-refractivity contribution in [2.45, 2.75) is 0 Å². The Hall–Kier alpha value is -1.84. The van der Waals surface area contributed by atoms with Crippen molar-refractivity contribution < 1.29 is 9.53 Å². The van der Waals surface area contributed by atoms with E-state index in [-0.39, 0.29) is 5.78 Å². The third-order valence-electron chi connectivity index (χ3n) is 3.13. The molecule has 0 saturated heterocycles. The summed E-state index contributed by atoms with van der Waals surface area (Å²) in [6, 6.07) is 13.1. The maximum absolute atomic E-state index is 12.4. The van der Waals surface area contributed by atoms with Gasteiger partial charge in [-0.15, -0.1) is 11.3 Å². The number of fused-ring (bicyclic) bond motifs is 1. The first kappa shape index (κ1) is 13.2. The number of hydrogen-bond acceptors (Lipinski definition) is 3. The lowest BCUT2D eigenvalue weighted by Gasteiger charge is -2.05. The molecule has 1 heterocycles. The van der Waals surface area contributed by atoms with Gasteiger partial charge in [-0.25, -0.2) is 0 Å². The Balaban J connectivity index is 2.05. The van der Waals surface area contributed by atoms with Gasteiger partial charge in [-0.1, -0.05) is 29.8 Å². The van der Waals surface area contributed by atoms with Crippen LogP contribution in [0.1, 0.15) is 15.2 Å². The summed E-state index contributed by atoms with van der Waals surface area (Å²) in [7, 11) is 1.64. The Labute approximate surface area is 125 Å². The lowest BCUT2D eigenvalue weighted by molar-refractivity contribution is 0.104. The van der Waals surface area contributed by atoms with Crippen molar-refractivity contribution in [1.82, 2.24) is 0 Å². The summed E-state index contributed by atoms with van der Waals surface area (Å²) in [5.41, 5.74) is 0.645. The molecule has 0 radical (unpaired) electrons. The Morgan fingerprint density at radius 1 is 1.10 bits per heavy atom. The summed E-state index contributed by atoms with van der Waals surface area (Å²) in [5.74, 6) is 0.764. The van der Waals surface area contributed by atoms with Gasteiger partial charge >= 0.3 is 0 Å². The van der Waals surface area contributed by atoms with Crippen molar-refractivity contribution in [1.29, 1.82) is 0 Å². The van der Waals surface area contributed by atoms with Gasteiger partial charge in [-0.2, -0.15) is 0 Å². The first-order chi connectivity index (χ1) is 9.69. The van der Waals surface area contributed by atoms with E-state index in [2.05, 4.69) is 0 Å². The van der Waals surface area contributed by atoms with Crippen LogP contribution in [-0.4, -0.2) is 12.9 Å². The molecule has 0 bridgehead atoms. The van der Waals surface area contributed by atoms with E-state index in [4.69, 9.17) is 16.3 Å². The van der Waals surface area contributed by atoms with E-state index >= 15 is 0 Å². The highest BCUT2D eigenvalue weighted by molar-refractivity contribution is 7.13. The Bertz CT molecular complexity index is 792. The summed E-state index contributed by atoms with van der Waals surface area (Å²) >= 11 is 7.38. The molecule has 0 amide bonds. The van der Waals surface area contributed by atoms with Gasteiger partial charge in [0, 0.05) is 5.56 Å². The predicted molar refractivity (Wildman–Crippen MR) is 83.3 cm³/mol. The van der Waals surface area contributed by atoms with Gasteiger partial charge in [0.2, 0.25) is 5.78 Å². The zero-order chi connectivity index (χ0) is 14.1. The number of ether oxygens (including phenoxy) is 1. The van der Waals surface area contributed by atoms with E-state index in [0.717, 1.165) is 16.5 Å². The van der Waals surface area contributed by atoms with Crippen molar-refractivity contribution in [3.05, 3.63) is 63.3 Å². The number of ketones is 1. The molecule has 2 nitrogen and oxygen atoms in total. The zero-order valence-electron chi connectivity index (χ0n) is 10.7. The van der Waals surface area contributed by atoms with E-state index in [1.54, 1.807) is 13.2 Å². The van der Waals surface area contributed by atoms with Crippen LogP contribution in [0.2, 0.25) is 5.02 Å². The Kier molecular flexibility index (Phi) is 3.47. The molecule has 0 N–H and O–H groups in total. The molecule has 0 aliphatic heterocycles. The quantitative estimate of drug-likeness (QED) is 0.650. The largest absolute Gasteiger partial charge is 0.497 e. The van der Waals surface area contributed by atoms with Crippen LogP contribution in [0.5, 0.6) is 5.75 Å². The van der Waals surface area contributed by atoms with Crippen molar-refractivity contribution in [2.75, 3.05) is 7.11 Å². The number of thiophene rings is 1. The van der Waals surface area contributed by atoms with E-state index < -0.39 is 0 Å². The highest BCUT2D eigenvalue weighted by Gasteiger charge is 2.14. The molecule has 0 spiro atoms. The normalized spacial score (nSPS) is 10.7. The predicted octanol–water partition coefficient (Wildman–Crippen LogP) is 4.79. The molecule has 2 aromatic carbocycles. The average molecular weight is 303 g/mol. The van der Waals surface area contributed by atoms with Crippen molar-refractivity contribution in [3.8, 4) is 5.75 Å². The smallest absolute Gasteiger partial charge is 0.204 e. The molecule has 0 unspecified atom stereocenters. The number of benzene rings is 2. The van der Waals surface area contributed by atoms with Crippen LogP contribution in [0, 0.1) is 0 Å². The Morgan fingerprint density at radius 3 is 2.55 bits per heavy atom. The molecule has 3 rings (SSSR count). The Morgan fingerprint density at radius 2 is 1.85 bits per heavy atom. The number of hydrogen-bond donors (Lipinski definition) is 0. The number of halogens is 1. The summed E-state index contributed by atoms with van der Waals surface area (Å²) in [5, 5.41) is 4.37. The summed E-state index contributed by atoms with van der Waals surface area (Å²) in [4.78, 5) is 13.0. The van der Waals surface area contributed by atoms with E-state index in [1.807, 2.05) is 41.8 Å². The first-order valence-electron chi connectivity index (χ1n) is 6.04. The molecular weight excluding hydrogens is 292 g/mol. The number of carbonyl (C=O) groups is 1. The number of rotatable bonds is 3. The second kappa shape index (κ2) is 5.27. The fourth-order valence-electron chi connectivity index (χ4n) is 2.08. The van der Waals surface area contributed by atoms with Crippen LogP contribution in [0.4, 0.5) is 0 Å². The third kappa shape index (κ3) is 2.30. The maximum Gasteiger partial charge on any atom is 0.204 e.